The monoisotopic (exact) mass is 858 g/mol. The van der Waals surface area contributed by atoms with Crippen LogP contribution < -0.4 is 5.19 Å². The van der Waals surface area contributed by atoms with Crippen LogP contribution in [0.15, 0.2) is 146 Å². The van der Waals surface area contributed by atoms with Gasteiger partial charge in [0.2, 0.25) is 0 Å². The van der Waals surface area contributed by atoms with E-state index in [1.807, 2.05) is 47.9 Å². The SMILES string of the molecule is C[Si](C)(C)c1ccc(-c2[c-]cccc2)nc1.[Ir].[c-]1ccc2c(sc3ccccc32)c1-c1nc2cc3ccccc3cc2n1Cc1ccccc1. The minimum Gasteiger partial charge on any atom is -0.360 e. The number of pyridine rings is 1. The van der Waals surface area contributed by atoms with Crippen LogP contribution in [0.1, 0.15) is 5.56 Å². The Bertz CT molecular complexity index is 2550. The van der Waals surface area contributed by atoms with Crippen molar-refractivity contribution < 1.29 is 20.1 Å². The summed E-state index contributed by atoms with van der Waals surface area (Å²) in [4.78, 5) is 9.71. The van der Waals surface area contributed by atoms with Crippen molar-refractivity contribution in [2.45, 2.75) is 26.2 Å². The zero-order chi connectivity index (χ0) is 33.4. The van der Waals surface area contributed by atoms with Gasteiger partial charge in [0.15, 0.2) is 0 Å². The van der Waals surface area contributed by atoms with Crippen molar-refractivity contribution in [3.05, 3.63) is 163 Å². The van der Waals surface area contributed by atoms with Gasteiger partial charge in [-0.2, -0.15) is 11.3 Å². The van der Waals surface area contributed by atoms with Gasteiger partial charge in [-0.05, 0) is 55.5 Å². The van der Waals surface area contributed by atoms with E-state index in [9.17, 15) is 0 Å². The largest absolute Gasteiger partial charge is 0.360 e. The van der Waals surface area contributed by atoms with Gasteiger partial charge in [-0.1, -0.05) is 116 Å². The van der Waals surface area contributed by atoms with E-state index in [2.05, 4.69) is 151 Å². The van der Waals surface area contributed by atoms with Crippen molar-refractivity contribution in [1.29, 1.82) is 0 Å². The van der Waals surface area contributed by atoms with Gasteiger partial charge in [0.1, 0.15) is 0 Å². The van der Waals surface area contributed by atoms with E-state index in [0.717, 1.165) is 40.2 Å². The molecular formula is C44H35IrN3SSi-2. The Kier molecular flexibility index (Phi) is 9.63. The van der Waals surface area contributed by atoms with Gasteiger partial charge < -0.3 is 9.55 Å². The molecule has 0 atom stereocenters. The summed E-state index contributed by atoms with van der Waals surface area (Å²) < 4.78 is 4.89. The Morgan fingerprint density at radius 3 is 2.18 bits per heavy atom. The zero-order valence-corrected chi connectivity index (χ0v) is 32.4. The van der Waals surface area contributed by atoms with Crippen molar-refractivity contribution in [2.75, 3.05) is 0 Å². The number of aromatic nitrogens is 3. The molecule has 0 bridgehead atoms. The van der Waals surface area contributed by atoms with Gasteiger partial charge in [0, 0.05) is 37.5 Å². The van der Waals surface area contributed by atoms with Crippen LogP contribution in [0.25, 0.3) is 64.6 Å². The van der Waals surface area contributed by atoms with E-state index < -0.39 is 8.07 Å². The predicted octanol–water partition coefficient (Wildman–Crippen LogP) is 11.2. The van der Waals surface area contributed by atoms with E-state index in [1.54, 1.807) is 0 Å². The standard InChI is InChI=1S/C30H19N2S.C14H16NSi.Ir/c1-2-9-20(10-3-1)19-32-27-18-22-12-5-4-11-21(22)17-26(27)31-30(32)25-15-8-14-24-23-13-6-7-16-28(23)33-29(24)25;1-16(2,3)13-9-10-14(15-11-13)12-7-5-4-6-8-12;/h1-14,16-18H,19H2;4-7,9-11H,1-3H3;/q2*-1;. The summed E-state index contributed by atoms with van der Waals surface area (Å²) in [5.74, 6) is 0.973. The molecule has 1 radical (unpaired) electrons. The number of benzene rings is 6. The summed E-state index contributed by atoms with van der Waals surface area (Å²) in [5, 5.41) is 6.41. The summed E-state index contributed by atoms with van der Waals surface area (Å²) in [6, 6.07) is 55.4. The number of imidazole rings is 1. The van der Waals surface area contributed by atoms with Gasteiger partial charge >= 0.3 is 0 Å². The van der Waals surface area contributed by atoms with E-state index in [4.69, 9.17) is 4.98 Å². The average Bonchev–Trinajstić information content (AvgIpc) is 3.69. The van der Waals surface area contributed by atoms with E-state index in [1.165, 1.54) is 41.7 Å². The number of rotatable bonds is 5. The van der Waals surface area contributed by atoms with Crippen LogP contribution in [0.3, 0.4) is 0 Å². The molecule has 3 aromatic heterocycles. The molecule has 0 fully saturated rings. The van der Waals surface area contributed by atoms with Crippen LogP contribution in [0.5, 0.6) is 0 Å². The Morgan fingerprint density at radius 2 is 1.44 bits per heavy atom. The molecule has 9 aromatic rings. The molecule has 247 valence electrons. The molecular weight excluding hydrogens is 823 g/mol. The Balaban J connectivity index is 0.000000196. The molecule has 6 aromatic carbocycles. The fourth-order valence-electron chi connectivity index (χ4n) is 6.33. The first kappa shape index (κ1) is 33.8. The summed E-state index contributed by atoms with van der Waals surface area (Å²) in [5.41, 5.74) is 6.57. The molecule has 3 nitrogen and oxygen atoms in total. The zero-order valence-electron chi connectivity index (χ0n) is 28.1. The molecule has 3 heterocycles. The number of nitrogens with zero attached hydrogens (tertiary/aromatic N) is 3. The maximum Gasteiger partial charge on any atom is 0.0795 e. The van der Waals surface area contributed by atoms with Crippen molar-refractivity contribution in [3.63, 3.8) is 0 Å². The van der Waals surface area contributed by atoms with Crippen molar-refractivity contribution in [2.24, 2.45) is 0 Å². The van der Waals surface area contributed by atoms with Crippen molar-refractivity contribution in [3.8, 4) is 22.6 Å². The molecule has 6 heteroatoms. The minimum absolute atomic E-state index is 0. The second kappa shape index (κ2) is 14.3. The first-order chi connectivity index (χ1) is 23.9. The van der Waals surface area contributed by atoms with Crippen LogP contribution in [-0.2, 0) is 26.7 Å². The molecule has 0 saturated heterocycles. The molecule has 0 spiro atoms. The van der Waals surface area contributed by atoms with Gasteiger partial charge in [0.25, 0.3) is 0 Å². The number of thiophene rings is 1. The van der Waals surface area contributed by atoms with Gasteiger partial charge in [0.05, 0.1) is 24.9 Å². The summed E-state index contributed by atoms with van der Waals surface area (Å²) in [6.45, 7) is 7.76. The van der Waals surface area contributed by atoms with E-state index in [-0.39, 0.29) is 20.1 Å². The molecule has 0 unspecified atom stereocenters. The van der Waals surface area contributed by atoms with Gasteiger partial charge in [-0.25, -0.2) is 0 Å². The number of fused-ring (bicyclic) bond motifs is 5. The molecule has 0 amide bonds. The van der Waals surface area contributed by atoms with Crippen molar-refractivity contribution >= 4 is 66.6 Å². The Morgan fingerprint density at radius 1 is 0.700 bits per heavy atom. The van der Waals surface area contributed by atoms with E-state index in [0.29, 0.717) is 0 Å². The number of hydrogen-bond acceptors (Lipinski definition) is 3. The number of hydrogen-bond donors (Lipinski definition) is 0. The Labute approximate surface area is 311 Å². The third-order valence-corrected chi connectivity index (χ3v) is 12.2. The quantitative estimate of drug-likeness (QED) is 0.128. The summed E-state index contributed by atoms with van der Waals surface area (Å²) in [7, 11) is -1.23. The normalized spacial score (nSPS) is 11.4. The summed E-state index contributed by atoms with van der Waals surface area (Å²) >= 11 is 1.83. The molecule has 0 aliphatic carbocycles. The topological polar surface area (TPSA) is 30.7 Å². The van der Waals surface area contributed by atoms with Crippen LogP contribution in [-0.4, -0.2) is 22.6 Å². The second-order valence-corrected chi connectivity index (χ2v) is 19.5. The van der Waals surface area contributed by atoms with Crippen LogP contribution in [0, 0.1) is 12.1 Å². The molecule has 0 aliphatic rings. The maximum atomic E-state index is 5.19. The Hall–Kier alpha value is -4.71. The van der Waals surface area contributed by atoms with Crippen LogP contribution in [0.4, 0.5) is 0 Å². The van der Waals surface area contributed by atoms with Crippen LogP contribution in [0.2, 0.25) is 19.6 Å². The third kappa shape index (κ3) is 6.72. The smallest absolute Gasteiger partial charge is 0.0795 e. The first-order valence-corrected chi connectivity index (χ1v) is 20.9. The minimum atomic E-state index is -1.23. The summed E-state index contributed by atoms with van der Waals surface area (Å²) in [6.07, 6.45) is 2.02. The predicted molar refractivity (Wildman–Crippen MR) is 211 cm³/mol. The molecule has 0 N–H and O–H groups in total. The third-order valence-electron chi connectivity index (χ3n) is 8.98. The molecule has 9 rings (SSSR count). The van der Waals surface area contributed by atoms with Crippen molar-refractivity contribution in [1.82, 2.24) is 14.5 Å². The first-order valence-electron chi connectivity index (χ1n) is 16.6. The van der Waals surface area contributed by atoms with Gasteiger partial charge in [-0.15, -0.1) is 54.1 Å². The fraction of sp³-hybridized carbons (Fsp3) is 0.0909. The molecule has 50 heavy (non-hydrogen) atoms. The maximum absolute atomic E-state index is 5.19. The molecule has 0 saturated carbocycles. The van der Waals surface area contributed by atoms with Crippen LogP contribution >= 0.6 is 11.3 Å². The second-order valence-electron chi connectivity index (χ2n) is 13.3. The van der Waals surface area contributed by atoms with Gasteiger partial charge in [-0.3, -0.25) is 4.98 Å². The van der Waals surface area contributed by atoms with E-state index >= 15 is 0 Å². The molecule has 0 aliphatic heterocycles. The average molecular weight is 858 g/mol. The fourth-order valence-corrected chi connectivity index (χ4v) is 8.56.